The molecular weight excluding hydrogens is 434 g/mol. The second kappa shape index (κ2) is 8.41. The molecule has 0 unspecified atom stereocenters. The van der Waals surface area contributed by atoms with Gasteiger partial charge in [-0.05, 0) is 65.7 Å². The summed E-state index contributed by atoms with van der Waals surface area (Å²) in [5.41, 5.74) is 3.52. The van der Waals surface area contributed by atoms with Crippen LogP contribution in [0.2, 0.25) is 0 Å². The lowest BCUT2D eigenvalue weighted by molar-refractivity contribution is 0.0794. The summed E-state index contributed by atoms with van der Waals surface area (Å²) in [6, 6.07) is 18.0. The maximum Gasteiger partial charge on any atom is 0.254 e. The largest absolute Gasteiger partial charge is 0.454 e. The predicted octanol–water partition coefficient (Wildman–Crippen LogP) is 5.54. The molecule has 2 aliphatic rings. The van der Waals surface area contributed by atoms with Crippen LogP contribution in [-0.4, -0.2) is 35.7 Å². The number of anilines is 1. The standard InChI is InChI=1S/C26H23N3O3S/c30-26(29-9-1-2-10-29)21-14-25(27-15-19-4-3-11-33-19)28-22-7-5-17(12-20(21)22)18-6-8-23-24(13-18)32-16-31-23/h3-8,11-14H,1-2,9-10,15-16H2,(H,27,28). The molecule has 0 saturated carbocycles. The quantitative estimate of drug-likeness (QED) is 0.426. The van der Waals surface area contributed by atoms with Crippen LogP contribution >= 0.6 is 11.3 Å². The molecule has 1 fully saturated rings. The smallest absolute Gasteiger partial charge is 0.254 e. The summed E-state index contributed by atoms with van der Waals surface area (Å²) in [6.07, 6.45) is 2.11. The molecule has 0 radical (unpaired) electrons. The molecule has 1 N–H and O–H groups in total. The van der Waals surface area contributed by atoms with Crippen molar-refractivity contribution in [1.29, 1.82) is 0 Å². The van der Waals surface area contributed by atoms with Gasteiger partial charge >= 0.3 is 0 Å². The number of aromatic nitrogens is 1. The van der Waals surface area contributed by atoms with Crippen LogP contribution in [0.3, 0.4) is 0 Å². The van der Waals surface area contributed by atoms with Crippen molar-refractivity contribution in [3.63, 3.8) is 0 Å². The van der Waals surface area contributed by atoms with Crippen molar-refractivity contribution in [2.45, 2.75) is 19.4 Å². The first-order valence-electron chi connectivity index (χ1n) is 11.1. The molecule has 0 aliphatic carbocycles. The fourth-order valence-electron chi connectivity index (χ4n) is 4.43. The molecule has 166 valence electrons. The maximum absolute atomic E-state index is 13.5. The molecule has 0 atom stereocenters. The number of nitrogens with one attached hydrogen (secondary N) is 1. The molecule has 7 heteroatoms. The highest BCUT2D eigenvalue weighted by molar-refractivity contribution is 7.09. The van der Waals surface area contributed by atoms with Gasteiger partial charge in [0.15, 0.2) is 11.5 Å². The molecule has 1 saturated heterocycles. The van der Waals surface area contributed by atoms with E-state index in [1.807, 2.05) is 47.4 Å². The number of carbonyl (C=O) groups excluding carboxylic acids is 1. The van der Waals surface area contributed by atoms with E-state index in [-0.39, 0.29) is 12.7 Å². The number of benzene rings is 2. The van der Waals surface area contributed by atoms with E-state index in [1.54, 1.807) is 11.3 Å². The van der Waals surface area contributed by atoms with Crippen LogP contribution in [-0.2, 0) is 6.54 Å². The lowest BCUT2D eigenvalue weighted by atomic mass is 9.99. The number of hydrogen-bond acceptors (Lipinski definition) is 6. The van der Waals surface area contributed by atoms with Gasteiger partial charge in [-0.1, -0.05) is 18.2 Å². The number of fused-ring (bicyclic) bond motifs is 2. The van der Waals surface area contributed by atoms with Crippen LogP contribution in [0.1, 0.15) is 28.1 Å². The SMILES string of the molecule is O=C(c1cc(NCc2cccs2)nc2ccc(-c3ccc4c(c3)OCO4)cc12)N1CCCC1. The Balaban J connectivity index is 1.41. The minimum absolute atomic E-state index is 0.0712. The van der Waals surface area contributed by atoms with E-state index in [2.05, 4.69) is 22.8 Å². The molecule has 0 spiro atoms. The highest BCUT2D eigenvalue weighted by Gasteiger charge is 2.23. The van der Waals surface area contributed by atoms with E-state index in [1.165, 1.54) is 4.88 Å². The van der Waals surface area contributed by atoms with Crippen LogP contribution in [0.4, 0.5) is 5.82 Å². The molecule has 1 amide bonds. The number of amides is 1. The Labute approximate surface area is 195 Å². The minimum Gasteiger partial charge on any atom is -0.454 e. The number of ether oxygens (including phenoxy) is 2. The number of rotatable bonds is 5. The topological polar surface area (TPSA) is 63.7 Å². The second-order valence-corrected chi connectivity index (χ2v) is 9.32. The molecule has 2 aromatic heterocycles. The first kappa shape index (κ1) is 20.1. The van der Waals surface area contributed by atoms with Gasteiger partial charge in [0.05, 0.1) is 17.6 Å². The maximum atomic E-state index is 13.5. The molecule has 33 heavy (non-hydrogen) atoms. The van der Waals surface area contributed by atoms with Crippen molar-refractivity contribution in [1.82, 2.24) is 9.88 Å². The molecule has 2 aromatic carbocycles. The van der Waals surface area contributed by atoms with Crippen molar-refractivity contribution >= 4 is 34.0 Å². The second-order valence-electron chi connectivity index (χ2n) is 8.29. The third-order valence-corrected chi connectivity index (χ3v) is 7.04. The van der Waals surface area contributed by atoms with Gasteiger partial charge in [0, 0.05) is 23.4 Å². The van der Waals surface area contributed by atoms with Gasteiger partial charge in [0.2, 0.25) is 6.79 Å². The zero-order chi connectivity index (χ0) is 22.2. The molecule has 4 heterocycles. The summed E-state index contributed by atoms with van der Waals surface area (Å²) in [5.74, 6) is 2.29. The Kier molecular flexibility index (Phi) is 5.11. The van der Waals surface area contributed by atoms with Crippen LogP contribution in [0.5, 0.6) is 11.5 Å². The van der Waals surface area contributed by atoms with Gasteiger partial charge in [0.25, 0.3) is 5.91 Å². The van der Waals surface area contributed by atoms with Crippen LogP contribution in [0.25, 0.3) is 22.0 Å². The normalized spacial score (nSPS) is 14.7. The van der Waals surface area contributed by atoms with E-state index in [0.717, 1.165) is 59.5 Å². The Morgan fingerprint density at radius 2 is 1.82 bits per heavy atom. The lowest BCUT2D eigenvalue weighted by Gasteiger charge is -2.18. The summed E-state index contributed by atoms with van der Waals surface area (Å²) in [5, 5.41) is 6.32. The molecule has 6 rings (SSSR count). The number of carbonyl (C=O) groups is 1. The van der Waals surface area contributed by atoms with Gasteiger partial charge in [-0.3, -0.25) is 4.79 Å². The number of pyridine rings is 1. The fourth-order valence-corrected chi connectivity index (χ4v) is 5.07. The Hall–Kier alpha value is -3.58. The molecule has 6 nitrogen and oxygen atoms in total. The predicted molar refractivity (Wildman–Crippen MR) is 130 cm³/mol. The summed E-state index contributed by atoms with van der Waals surface area (Å²) >= 11 is 1.70. The highest BCUT2D eigenvalue weighted by Crippen LogP contribution is 2.37. The minimum atomic E-state index is 0.0712. The zero-order valence-electron chi connectivity index (χ0n) is 18.0. The average molecular weight is 458 g/mol. The van der Waals surface area contributed by atoms with E-state index in [4.69, 9.17) is 14.5 Å². The van der Waals surface area contributed by atoms with Gasteiger partial charge in [-0.25, -0.2) is 4.98 Å². The fraction of sp³-hybridized carbons (Fsp3) is 0.231. The summed E-state index contributed by atoms with van der Waals surface area (Å²) in [4.78, 5) is 21.5. The van der Waals surface area contributed by atoms with Gasteiger partial charge in [-0.15, -0.1) is 11.3 Å². The van der Waals surface area contributed by atoms with E-state index < -0.39 is 0 Å². The Bertz CT molecular complexity index is 1330. The average Bonchev–Trinajstić information content (AvgIpc) is 3.63. The number of hydrogen-bond donors (Lipinski definition) is 1. The highest BCUT2D eigenvalue weighted by atomic mass is 32.1. The molecular formula is C26H23N3O3S. The van der Waals surface area contributed by atoms with Gasteiger partial charge < -0.3 is 19.7 Å². The summed E-state index contributed by atoms with van der Waals surface area (Å²) in [6.45, 7) is 2.55. The van der Waals surface area contributed by atoms with Crippen molar-refractivity contribution < 1.29 is 14.3 Å². The van der Waals surface area contributed by atoms with E-state index >= 15 is 0 Å². The number of likely N-dealkylation sites (tertiary alicyclic amines) is 1. The van der Waals surface area contributed by atoms with Gasteiger partial charge in [-0.2, -0.15) is 0 Å². The third kappa shape index (κ3) is 3.89. The van der Waals surface area contributed by atoms with Crippen LogP contribution < -0.4 is 14.8 Å². The van der Waals surface area contributed by atoms with E-state index in [9.17, 15) is 4.79 Å². The third-order valence-electron chi connectivity index (χ3n) is 6.16. The van der Waals surface area contributed by atoms with Crippen molar-refractivity contribution in [2.24, 2.45) is 0 Å². The first-order valence-corrected chi connectivity index (χ1v) is 12.0. The van der Waals surface area contributed by atoms with Crippen LogP contribution in [0.15, 0.2) is 60.0 Å². The summed E-state index contributed by atoms with van der Waals surface area (Å²) < 4.78 is 11.0. The molecule has 2 aliphatic heterocycles. The number of thiophene rings is 1. The lowest BCUT2D eigenvalue weighted by Crippen LogP contribution is -2.28. The first-order chi connectivity index (χ1) is 16.2. The van der Waals surface area contributed by atoms with Gasteiger partial charge in [0.1, 0.15) is 5.82 Å². The Morgan fingerprint density at radius 3 is 2.67 bits per heavy atom. The monoisotopic (exact) mass is 457 g/mol. The zero-order valence-corrected chi connectivity index (χ0v) is 18.9. The summed E-state index contributed by atoms with van der Waals surface area (Å²) in [7, 11) is 0. The van der Waals surface area contributed by atoms with Crippen molar-refractivity contribution in [3.8, 4) is 22.6 Å². The molecule has 4 aromatic rings. The van der Waals surface area contributed by atoms with Crippen molar-refractivity contribution in [3.05, 3.63) is 70.4 Å². The van der Waals surface area contributed by atoms with Crippen LogP contribution in [0, 0.1) is 0 Å². The number of nitrogens with zero attached hydrogens (tertiary/aromatic N) is 2. The van der Waals surface area contributed by atoms with Crippen molar-refractivity contribution in [2.75, 3.05) is 25.2 Å². The Morgan fingerprint density at radius 1 is 1.00 bits per heavy atom. The van der Waals surface area contributed by atoms with E-state index in [0.29, 0.717) is 17.9 Å². The molecule has 0 bridgehead atoms.